The van der Waals surface area contributed by atoms with Crippen LogP contribution in [0.1, 0.15) is 51.4 Å². The maximum absolute atomic E-state index is 13.2. The van der Waals surface area contributed by atoms with Crippen LogP contribution in [0, 0.1) is 0 Å². The summed E-state index contributed by atoms with van der Waals surface area (Å²) >= 11 is 0. The van der Waals surface area contributed by atoms with E-state index in [9.17, 15) is 28.8 Å². The lowest BCUT2D eigenvalue weighted by atomic mass is 10.1. The second kappa shape index (κ2) is 14.1. The van der Waals surface area contributed by atoms with E-state index in [-0.39, 0.29) is 19.4 Å². The molecule has 0 aromatic carbocycles. The van der Waals surface area contributed by atoms with Gasteiger partial charge in [0, 0.05) is 13.0 Å². The summed E-state index contributed by atoms with van der Waals surface area (Å²) in [5.41, 5.74) is 11.3. The minimum Gasteiger partial charge on any atom is -0.481 e. The van der Waals surface area contributed by atoms with E-state index in [1.54, 1.807) is 0 Å². The largest absolute Gasteiger partial charge is 0.481 e. The van der Waals surface area contributed by atoms with Gasteiger partial charge in [0.05, 0.1) is 12.5 Å². The molecule has 0 bridgehead atoms. The number of nitrogens with two attached hydrogens (primary N) is 2. The van der Waals surface area contributed by atoms with Crippen molar-refractivity contribution in [2.75, 3.05) is 13.1 Å². The molecule has 4 atom stereocenters. The van der Waals surface area contributed by atoms with Gasteiger partial charge < -0.3 is 42.3 Å². The fraction of sp³-hybridized carbons (Fsp3) is 0.700. The monoisotopic (exact) mass is 487 g/mol. The van der Waals surface area contributed by atoms with Gasteiger partial charge in [0.2, 0.25) is 17.7 Å². The third kappa shape index (κ3) is 9.31. The Morgan fingerprint density at radius 1 is 0.941 bits per heavy atom. The molecule has 1 heterocycles. The summed E-state index contributed by atoms with van der Waals surface area (Å²) in [4.78, 5) is 72.6. The van der Waals surface area contributed by atoms with Crippen molar-refractivity contribution in [3.05, 3.63) is 0 Å². The van der Waals surface area contributed by atoms with Gasteiger partial charge in [-0.05, 0) is 38.6 Å². The van der Waals surface area contributed by atoms with Crippen LogP contribution in [0.15, 0.2) is 0 Å². The number of carbonyl (C=O) groups excluding carboxylic acids is 3. The van der Waals surface area contributed by atoms with Gasteiger partial charge >= 0.3 is 17.9 Å². The van der Waals surface area contributed by atoms with Gasteiger partial charge in [-0.15, -0.1) is 0 Å². The Bertz CT molecular complexity index is 776. The van der Waals surface area contributed by atoms with Crippen LogP contribution >= 0.6 is 0 Å². The molecule has 192 valence electrons. The Morgan fingerprint density at radius 3 is 2.18 bits per heavy atom. The highest BCUT2D eigenvalue weighted by atomic mass is 16.4. The van der Waals surface area contributed by atoms with Crippen LogP contribution in [-0.4, -0.2) is 93.1 Å². The van der Waals surface area contributed by atoms with Crippen LogP contribution in [0.2, 0.25) is 0 Å². The van der Waals surface area contributed by atoms with Gasteiger partial charge in [-0.1, -0.05) is 6.42 Å². The van der Waals surface area contributed by atoms with Crippen LogP contribution in [0.25, 0.3) is 0 Å². The van der Waals surface area contributed by atoms with Crippen molar-refractivity contribution < 1.29 is 44.1 Å². The smallest absolute Gasteiger partial charge is 0.326 e. The number of aliphatic carboxylic acids is 3. The highest BCUT2D eigenvalue weighted by Gasteiger charge is 2.39. The first-order valence-electron chi connectivity index (χ1n) is 11.0. The first-order valence-corrected chi connectivity index (χ1v) is 11.0. The number of carboxylic acids is 3. The Kier molecular flexibility index (Phi) is 11.9. The molecular formula is C20H33N5O9. The summed E-state index contributed by atoms with van der Waals surface area (Å²) in [6.07, 6.45) is 0.647. The number of amides is 3. The molecule has 14 nitrogen and oxygen atoms in total. The van der Waals surface area contributed by atoms with Crippen molar-refractivity contribution in [2.24, 2.45) is 11.5 Å². The number of unbranched alkanes of at least 4 members (excludes halogenated alkanes) is 1. The second-order valence-corrected chi connectivity index (χ2v) is 8.07. The van der Waals surface area contributed by atoms with E-state index in [4.69, 9.17) is 26.8 Å². The predicted octanol–water partition coefficient (Wildman–Crippen LogP) is -2.17. The predicted molar refractivity (Wildman–Crippen MR) is 116 cm³/mol. The van der Waals surface area contributed by atoms with E-state index in [0.29, 0.717) is 32.2 Å². The van der Waals surface area contributed by atoms with E-state index >= 15 is 0 Å². The zero-order valence-electron chi connectivity index (χ0n) is 18.8. The zero-order chi connectivity index (χ0) is 25.8. The molecule has 1 aliphatic rings. The number of likely N-dealkylation sites (tertiary alicyclic amines) is 1. The first kappa shape index (κ1) is 28.8. The lowest BCUT2D eigenvalue weighted by molar-refractivity contribution is -0.148. The first-order chi connectivity index (χ1) is 16.0. The van der Waals surface area contributed by atoms with E-state index in [0.717, 1.165) is 4.90 Å². The molecule has 4 unspecified atom stereocenters. The van der Waals surface area contributed by atoms with Crippen LogP contribution in [0.3, 0.4) is 0 Å². The number of nitrogens with zero attached hydrogens (tertiary/aromatic N) is 1. The summed E-state index contributed by atoms with van der Waals surface area (Å²) in [5, 5.41) is 31.6. The van der Waals surface area contributed by atoms with Gasteiger partial charge in [-0.25, -0.2) is 4.79 Å². The number of hydrogen-bond donors (Lipinski definition) is 7. The van der Waals surface area contributed by atoms with Crippen molar-refractivity contribution in [2.45, 2.75) is 75.5 Å². The topological polar surface area (TPSA) is 242 Å². The Morgan fingerprint density at radius 2 is 1.62 bits per heavy atom. The van der Waals surface area contributed by atoms with Crippen LogP contribution < -0.4 is 22.1 Å². The quantitative estimate of drug-likeness (QED) is 0.122. The molecular weight excluding hydrogens is 454 g/mol. The Labute approximate surface area is 196 Å². The average Bonchev–Trinajstić information content (AvgIpc) is 3.25. The molecule has 34 heavy (non-hydrogen) atoms. The van der Waals surface area contributed by atoms with Gasteiger partial charge in [0.1, 0.15) is 18.1 Å². The lowest BCUT2D eigenvalue weighted by Crippen LogP contribution is -2.57. The number of carbonyl (C=O) groups is 6. The number of nitrogens with one attached hydrogen (secondary N) is 2. The second-order valence-electron chi connectivity index (χ2n) is 8.07. The molecule has 9 N–H and O–H groups in total. The summed E-state index contributed by atoms with van der Waals surface area (Å²) in [7, 11) is 0. The minimum atomic E-state index is -1.68. The van der Waals surface area contributed by atoms with Gasteiger partial charge in [0.25, 0.3) is 0 Å². The molecule has 0 aromatic rings. The fourth-order valence-corrected chi connectivity index (χ4v) is 3.59. The molecule has 0 aliphatic carbocycles. The van der Waals surface area contributed by atoms with Crippen molar-refractivity contribution in [3.8, 4) is 0 Å². The molecule has 1 fully saturated rings. The number of rotatable bonds is 15. The molecule has 14 heteroatoms. The third-order valence-electron chi connectivity index (χ3n) is 5.40. The molecule has 3 amide bonds. The molecule has 1 rings (SSSR count). The summed E-state index contributed by atoms with van der Waals surface area (Å²) in [6.45, 7) is 0.553. The van der Waals surface area contributed by atoms with Crippen LogP contribution in [0.5, 0.6) is 0 Å². The van der Waals surface area contributed by atoms with Gasteiger partial charge in [0.15, 0.2) is 0 Å². The van der Waals surface area contributed by atoms with Crippen molar-refractivity contribution in [1.29, 1.82) is 0 Å². The van der Waals surface area contributed by atoms with Gasteiger partial charge in [-0.2, -0.15) is 0 Å². The highest BCUT2D eigenvalue weighted by Crippen LogP contribution is 2.20. The Balaban J connectivity index is 2.94. The zero-order valence-corrected chi connectivity index (χ0v) is 18.8. The van der Waals surface area contributed by atoms with E-state index in [1.165, 1.54) is 0 Å². The summed E-state index contributed by atoms with van der Waals surface area (Å²) in [5.74, 6) is -6.35. The number of hydrogen-bond acceptors (Lipinski definition) is 8. The average molecular weight is 488 g/mol. The summed E-state index contributed by atoms with van der Waals surface area (Å²) < 4.78 is 0. The highest BCUT2D eigenvalue weighted by molar-refractivity contribution is 5.95. The minimum absolute atomic E-state index is 0.121. The van der Waals surface area contributed by atoms with Crippen molar-refractivity contribution >= 4 is 35.6 Å². The molecule has 0 saturated carbocycles. The molecule has 1 saturated heterocycles. The van der Waals surface area contributed by atoms with E-state index in [1.807, 2.05) is 0 Å². The molecule has 0 spiro atoms. The molecule has 0 radical (unpaired) electrons. The lowest BCUT2D eigenvalue weighted by Gasteiger charge is -2.29. The maximum Gasteiger partial charge on any atom is 0.326 e. The van der Waals surface area contributed by atoms with Crippen molar-refractivity contribution in [3.63, 3.8) is 0 Å². The molecule has 1 aliphatic heterocycles. The Hall–Kier alpha value is -3.26. The number of carboxylic acid groups (broad SMARTS) is 3. The van der Waals surface area contributed by atoms with E-state index < -0.39 is 72.6 Å². The van der Waals surface area contributed by atoms with Crippen LogP contribution in [0.4, 0.5) is 0 Å². The third-order valence-corrected chi connectivity index (χ3v) is 5.40. The molecule has 0 aromatic heterocycles. The normalized spacial score (nSPS) is 17.9. The maximum atomic E-state index is 13.2. The van der Waals surface area contributed by atoms with E-state index in [2.05, 4.69) is 10.6 Å². The van der Waals surface area contributed by atoms with Crippen molar-refractivity contribution in [1.82, 2.24) is 15.5 Å². The SMILES string of the molecule is NCCCCC(N)C(=O)NC(CCC(=O)O)C(=O)N1CCCC1C(=O)NC(CC(=O)O)C(=O)O. The summed E-state index contributed by atoms with van der Waals surface area (Å²) in [6, 6.07) is -4.97. The standard InChI is InChI=1S/C20H33N5O9/c21-8-2-1-4-11(22)17(30)23-12(6-7-15(26)27)19(32)25-9-3-5-14(25)18(31)24-13(20(33)34)10-16(28)29/h11-14H,1-10,21-22H2,(H,23,30)(H,24,31)(H,26,27)(H,28,29)(H,33,34). The van der Waals surface area contributed by atoms with Crippen LogP contribution in [-0.2, 0) is 28.8 Å². The van der Waals surface area contributed by atoms with Gasteiger partial charge in [-0.3, -0.25) is 24.0 Å². The fourth-order valence-electron chi connectivity index (χ4n) is 3.59.